The maximum Gasteiger partial charge on any atom is 0.261 e. The van der Waals surface area contributed by atoms with Gasteiger partial charge < -0.3 is 10.6 Å². The fourth-order valence-electron chi connectivity index (χ4n) is 3.40. The molecule has 0 radical (unpaired) electrons. The summed E-state index contributed by atoms with van der Waals surface area (Å²) in [5, 5.41) is 6.01. The Bertz CT molecular complexity index is 1110. The van der Waals surface area contributed by atoms with Gasteiger partial charge >= 0.3 is 0 Å². The van der Waals surface area contributed by atoms with E-state index in [1.807, 2.05) is 0 Å². The van der Waals surface area contributed by atoms with Gasteiger partial charge in [-0.15, -0.1) is 0 Å². The van der Waals surface area contributed by atoms with Crippen LogP contribution in [0, 0.1) is 11.6 Å². The molecule has 4 rings (SSSR count). The molecule has 0 saturated heterocycles. The third-order valence-corrected chi connectivity index (χ3v) is 4.64. The Balaban J connectivity index is 1.41. The minimum Gasteiger partial charge on any atom is -0.325 e. The molecule has 2 aromatic carbocycles. The minimum atomic E-state index is -0.663. The van der Waals surface area contributed by atoms with Crippen LogP contribution < -0.4 is 16.2 Å². The number of fused-ring (bicyclic) bond motifs is 2. The molecule has 1 amide bonds. The first-order valence-electron chi connectivity index (χ1n) is 8.98. The summed E-state index contributed by atoms with van der Waals surface area (Å²) >= 11 is 0. The second-order valence-electron chi connectivity index (χ2n) is 6.75. The van der Waals surface area contributed by atoms with Crippen LogP contribution in [0.25, 0.3) is 10.9 Å². The van der Waals surface area contributed by atoms with Crippen LogP contribution in [0.4, 0.5) is 14.5 Å². The fourth-order valence-corrected chi connectivity index (χ4v) is 3.40. The smallest absolute Gasteiger partial charge is 0.261 e. The number of aromatic nitrogens is 2. The highest BCUT2D eigenvalue weighted by Crippen LogP contribution is 2.18. The topological polar surface area (TPSA) is 76.0 Å². The van der Waals surface area contributed by atoms with E-state index in [0.717, 1.165) is 24.7 Å². The number of hydrogen-bond acceptors (Lipinski definition) is 4. The zero-order chi connectivity index (χ0) is 19.7. The van der Waals surface area contributed by atoms with Gasteiger partial charge in [-0.2, -0.15) is 0 Å². The number of carbonyl (C=O) groups excluding carboxylic acids is 1. The standard InChI is InChI=1S/C20H18F2N4O2/c21-13-6-12(7-14(22)8-13)10-23-11-19(27)24-15-3-4-17-16(9-15)20(28)26-5-1-2-18(26)25-17/h3-4,6-9,23H,1-2,5,10-11H2,(H,24,27). The van der Waals surface area contributed by atoms with Crippen molar-refractivity contribution >= 4 is 22.5 Å². The molecule has 1 aromatic heterocycles. The zero-order valence-electron chi connectivity index (χ0n) is 15.0. The van der Waals surface area contributed by atoms with Crippen molar-refractivity contribution in [3.05, 3.63) is 69.8 Å². The number of nitrogens with one attached hydrogen (secondary N) is 2. The highest BCUT2D eigenvalue weighted by molar-refractivity contribution is 5.94. The maximum atomic E-state index is 13.2. The molecule has 0 unspecified atom stereocenters. The van der Waals surface area contributed by atoms with Gasteiger partial charge in [0.2, 0.25) is 5.91 Å². The van der Waals surface area contributed by atoms with Crippen molar-refractivity contribution in [2.75, 3.05) is 11.9 Å². The molecular formula is C20H18F2N4O2. The van der Waals surface area contributed by atoms with Gasteiger partial charge in [-0.3, -0.25) is 14.2 Å². The van der Waals surface area contributed by atoms with Crippen LogP contribution in [0.2, 0.25) is 0 Å². The first-order valence-corrected chi connectivity index (χ1v) is 8.98. The van der Waals surface area contributed by atoms with Gasteiger partial charge in [-0.25, -0.2) is 13.8 Å². The number of nitrogens with zero attached hydrogens (tertiary/aromatic N) is 2. The molecule has 28 heavy (non-hydrogen) atoms. The van der Waals surface area contributed by atoms with Crippen molar-refractivity contribution in [1.29, 1.82) is 0 Å². The molecule has 6 nitrogen and oxygen atoms in total. The number of rotatable bonds is 5. The highest BCUT2D eigenvalue weighted by Gasteiger charge is 2.16. The number of amides is 1. The van der Waals surface area contributed by atoms with Crippen LogP contribution in [-0.2, 0) is 24.3 Å². The van der Waals surface area contributed by atoms with E-state index >= 15 is 0 Å². The summed E-state index contributed by atoms with van der Waals surface area (Å²) in [5.41, 5.74) is 1.42. The number of anilines is 1. The Kier molecular flexibility index (Phi) is 4.87. The van der Waals surface area contributed by atoms with Gasteiger partial charge in [-0.05, 0) is 42.3 Å². The van der Waals surface area contributed by atoms with Gasteiger partial charge in [-0.1, -0.05) is 0 Å². The first kappa shape index (κ1) is 18.2. The van der Waals surface area contributed by atoms with Crippen molar-refractivity contribution in [1.82, 2.24) is 14.9 Å². The monoisotopic (exact) mass is 384 g/mol. The molecule has 0 fully saturated rings. The quantitative estimate of drug-likeness (QED) is 0.708. The van der Waals surface area contributed by atoms with Gasteiger partial charge in [0.1, 0.15) is 17.5 Å². The van der Waals surface area contributed by atoms with Crippen molar-refractivity contribution in [3.63, 3.8) is 0 Å². The molecule has 2 heterocycles. The zero-order valence-corrected chi connectivity index (χ0v) is 15.0. The summed E-state index contributed by atoms with van der Waals surface area (Å²) < 4.78 is 28.0. The summed E-state index contributed by atoms with van der Waals surface area (Å²) in [6, 6.07) is 8.24. The van der Waals surface area contributed by atoms with Gasteiger partial charge in [0.25, 0.3) is 5.56 Å². The van der Waals surface area contributed by atoms with E-state index in [1.165, 1.54) is 12.1 Å². The number of halogens is 2. The average molecular weight is 384 g/mol. The Morgan fingerprint density at radius 3 is 2.71 bits per heavy atom. The Morgan fingerprint density at radius 2 is 1.93 bits per heavy atom. The lowest BCUT2D eigenvalue weighted by atomic mass is 10.2. The lowest BCUT2D eigenvalue weighted by molar-refractivity contribution is -0.115. The molecule has 0 spiro atoms. The Morgan fingerprint density at radius 1 is 1.14 bits per heavy atom. The fraction of sp³-hybridized carbons (Fsp3) is 0.250. The van der Waals surface area contributed by atoms with E-state index in [0.29, 0.717) is 28.7 Å². The van der Waals surface area contributed by atoms with Crippen LogP contribution in [-0.4, -0.2) is 22.0 Å². The van der Waals surface area contributed by atoms with Crippen molar-refractivity contribution in [3.8, 4) is 0 Å². The summed E-state index contributed by atoms with van der Waals surface area (Å²) in [4.78, 5) is 29.2. The highest BCUT2D eigenvalue weighted by atomic mass is 19.1. The lowest BCUT2D eigenvalue weighted by Crippen LogP contribution is -2.28. The Labute approximate surface area is 159 Å². The van der Waals surface area contributed by atoms with Crippen molar-refractivity contribution in [2.24, 2.45) is 0 Å². The van der Waals surface area contributed by atoms with Gasteiger partial charge in [0.15, 0.2) is 0 Å². The molecule has 144 valence electrons. The van der Waals surface area contributed by atoms with Crippen LogP contribution in [0.5, 0.6) is 0 Å². The lowest BCUT2D eigenvalue weighted by Gasteiger charge is -2.09. The number of benzene rings is 2. The van der Waals surface area contributed by atoms with Crippen LogP contribution >= 0.6 is 0 Å². The third kappa shape index (κ3) is 3.77. The summed E-state index contributed by atoms with van der Waals surface area (Å²) in [6.07, 6.45) is 1.70. The van der Waals surface area contributed by atoms with Crippen LogP contribution in [0.1, 0.15) is 17.8 Å². The molecule has 0 saturated carbocycles. The molecular weight excluding hydrogens is 366 g/mol. The number of hydrogen-bond donors (Lipinski definition) is 2. The van der Waals surface area contributed by atoms with Gasteiger partial charge in [0.05, 0.1) is 17.4 Å². The van der Waals surface area contributed by atoms with E-state index in [2.05, 4.69) is 15.6 Å². The SMILES string of the molecule is O=C(CNCc1cc(F)cc(F)c1)Nc1ccc2nc3n(c(=O)c2c1)CCC3. The minimum absolute atomic E-state index is 0.0441. The first-order chi connectivity index (χ1) is 13.5. The van der Waals surface area contributed by atoms with E-state index in [4.69, 9.17) is 0 Å². The number of carbonyl (C=O) groups is 1. The Hall–Kier alpha value is -3.13. The molecule has 3 aromatic rings. The molecule has 1 aliphatic heterocycles. The predicted molar refractivity (Wildman–Crippen MR) is 101 cm³/mol. The largest absolute Gasteiger partial charge is 0.325 e. The molecule has 0 atom stereocenters. The van der Waals surface area contributed by atoms with Crippen molar-refractivity contribution in [2.45, 2.75) is 25.9 Å². The summed E-state index contributed by atoms with van der Waals surface area (Å²) in [6.45, 7) is 0.771. The van der Waals surface area contributed by atoms with Crippen molar-refractivity contribution < 1.29 is 13.6 Å². The van der Waals surface area contributed by atoms with Gasteiger partial charge in [0, 0.05) is 31.3 Å². The third-order valence-electron chi connectivity index (χ3n) is 4.64. The average Bonchev–Trinajstić information content (AvgIpc) is 3.10. The molecule has 8 heteroatoms. The second-order valence-corrected chi connectivity index (χ2v) is 6.75. The maximum absolute atomic E-state index is 13.2. The normalized spacial score (nSPS) is 12.9. The molecule has 0 bridgehead atoms. The van der Waals surface area contributed by atoms with E-state index in [9.17, 15) is 18.4 Å². The van der Waals surface area contributed by atoms with Crippen LogP contribution in [0.15, 0.2) is 41.2 Å². The van der Waals surface area contributed by atoms with E-state index in [-0.39, 0.29) is 24.6 Å². The molecule has 1 aliphatic rings. The number of aryl methyl sites for hydroxylation is 1. The van der Waals surface area contributed by atoms with Crippen LogP contribution in [0.3, 0.4) is 0 Å². The predicted octanol–water partition coefficient (Wildman–Crippen LogP) is 2.35. The van der Waals surface area contributed by atoms with E-state index in [1.54, 1.807) is 22.8 Å². The summed E-state index contributed by atoms with van der Waals surface area (Å²) in [5.74, 6) is -0.856. The molecule has 2 N–H and O–H groups in total. The summed E-state index contributed by atoms with van der Waals surface area (Å²) in [7, 11) is 0. The molecule has 0 aliphatic carbocycles. The second kappa shape index (κ2) is 7.47. The van der Waals surface area contributed by atoms with E-state index < -0.39 is 11.6 Å².